The molecule has 130 valence electrons. The number of allylic oxidation sites excluding steroid dienone is 4. The van der Waals surface area contributed by atoms with Gasteiger partial charge in [0, 0.05) is 12.6 Å². The smallest absolute Gasteiger partial charge is 0.243 e. The van der Waals surface area contributed by atoms with E-state index in [1.807, 2.05) is 18.2 Å². The highest BCUT2D eigenvalue weighted by molar-refractivity contribution is 5.78. The van der Waals surface area contributed by atoms with E-state index in [2.05, 4.69) is 20.3 Å². The molecule has 4 heterocycles. The Labute approximate surface area is 142 Å². The molecular weight excluding hydrogens is 326 g/mol. The van der Waals surface area contributed by atoms with Crippen molar-refractivity contribution in [2.75, 3.05) is 6.61 Å². The zero-order chi connectivity index (χ0) is 17.4. The first-order chi connectivity index (χ1) is 12.2. The van der Waals surface area contributed by atoms with Gasteiger partial charge in [-0.15, -0.1) is 0 Å². The van der Waals surface area contributed by atoms with E-state index in [9.17, 15) is 15.3 Å². The lowest BCUT2D eigenvalue weighted by atomic mass is 10.2. The summed E-state index contributed by atoms with van der Waals surface area (Å²) in [5.74, 6) is 0.0658. The van der Waals surface area contributed by atoms with Gasteiger partial charge in [0.25, 0.3) is 0 Å². The third-order valence-electron chi connectivity index (χ3n) is 4.16. The van der Waals surface area contributed by atoms with Gasteiger partial charge in [0.1, 0.15) is 12.3 Å². The van der Waals surface area contributed by atoms with Crippen molar-refractivity contribution in [2.24, 2.45) is 0 Å². The van der Waals surface area contributed by atoms with E-state index in [4.69, 9.17) is 4.74 Å². The Balaban J connectivity index is 1.76. The topological polar surface area (TPSA) is 126 Å². The monoisotopic (exact) mass is 343 g/mol. The largest absolute Gasteiger partial charge is 0.492 e. The van der Waals surface area contributed by atoms with Crippen LogP contribution in [0.15, 0.2) is 36.8 Å². The van der Waals surface area contributed by atoms with Crippen molar-refractivity contribution in [2.45, 2.75) is 24.9 Å². The van der Waals surface area contributed by atoms with Crippen LogP contribution in [0.3, 0.4) is 0 Å². The van der Waals surface area contributed by atoms with Gasteiger partial charge in [-0.25, -0.2) is 9.97 Å². The van der Waals surface area contributed by atoms with Crippen LogP contribution in [0, 0.1) is 0 Å². The number of aliphatic hydroxyl groups is 2. The quantitative estimate of drug-likeness (QED) is 0.622. The molecule has 9 heteroatoms. The van der Waals surface area contributed by atoms with Crippen LogP contribution in [-0.4, -0.2) is 53.7 Å². The zero-order valence-electron chi connectivity index (χ0n) is 13.1. The summed E-state index contributed by atoms with van der Waals surface area (Å²) < 4.78 is 7.28. The number of imidazole rings is 1. The Morgan fingerprint density at radius 3 is 2.96 bits per heavy atom. The molecule has 2 aliphatic heterocycles. The van der Waals surface area contributed by atoms with Crippen molar-refractivity contribution in [1.82, 2.24) is 24.8 Å². The molecule has 0 radical (unpaired) electrons. The van der Waals surface area contributed by atoms with Crippen LogP contribution < -0.4 is 5.32 Å². The second-order valence-electron chi connectivity index (χ2n) is 5.78. The van der Waals surface area contributed by atoms with E-state index in [1.165, 1.54) is 6.33 Å². The van der Waals surface area contributed by atoms with Gasteiger partial charge in [-0.1, -0.05) is 12.2 Å². The minimum Gasteiger partial charge on any atom is -0.492 e. The minimum atomic E-state index is -0.774. The Kier molecular flexibility index (Phi) is 3.96. The summed E-state index contributed by atoms with van der Waals surface area (Å²) in [5.41, 5.74) is 1.25. The summed E-state index contributed by atoms with van der Waals surface area (Å²) in [5, 5.41) is 32.4. The molecule has 2 aliphatic rings. The Bertz CT molecular complexity index is 888. The van der Waals surface area contributed by atoms with Crippen molar-refractivity contribution in [3.05, 3.63) is 42.7 Å². The van der Waals surface area contributed by atoms with E-state index >= 15 is 0 Å². The lowest BCUT2D eigenvalue weighted by Crippen LogP contribution is -2.24. The summed E-state index contributed by atoms with van der Waals surface area (Å²) in [6, 6.07) is 0. The van der Waals surface area contributed by atoms with Crippen LogP contribution in [0.5, 0.6) is 5.88 Å². The average Bonchev–Trinajstić information content (AvgIpc) is 3.08. The van der Waals surface area contributed by atoms with Crippen LogP contribution in [0.1, 0.15) is 18.5 Å². The highest BCUT2D eigenvalue weighted by Gasteiger charge is 2.35. The van der Waals surface area contributed by atoms with Crippen LogP contribution >= 0.6 is 0 Å². The van der Waals surface area contributed by atoms with Gasteiger partial charge >= 0.3 is 0 Å². The molecule has 0 saturated carbocycles. The predicted octanol–water partition coefficient (Wildman–Crippen LogP) is 0.187. The summed E-state index contributed by atoms with van der Waals surface area (Å²) in [6.07, 6.45) is 8.85. The van der Waals surface area contributed by atoms with E-state index < -0.39 is 18.4 Å². The number of rotatable bonds is 3. The molecule has 4 N–H and O–H groups in total. The molecule has 25 heavy (non-hydrogen) atoms. The molecule has 0 amide bonds. The standard InChI is InChI=1S/C16H17N5O4/c22-7-11-10(23)6-12(25-11)21-8-18-13-15(21)19-14(20-16(13)24)9-4-2-1-3-5-17-9/h1-5,8,10-12,17,22-23H,6-7H2,(H,19,20,24)/t10-,11+,12+/m0/s1. The Morgan fingerprint density at radius 1 is 1.28 bits per heavy atom. The Hall–Kier alpha value is -2.75. The van der Waals surface area contributed by atoms with Crippen molar-refractivity contribution in [1.29, 1.82) is 0 Å². The first-order valence-corrected chi connectivity index (χ1v) is 7.85. The minimum absolute atomic E-state index is 0.240. The number of ether oxygens (including phenoxy) is 1. The normalized spacial score (nSPS) is 25.8. The van der Waals surface area contributed by atoms with Gasteiger partial charge in [0.2, 0.25) is 5.88 Å². The fourth-order valence-electron chi connectivity index (χ4n) is 2.88. The van der Waals surface area contributed by atoms with Crippen molar-refractivity contribution >= 4 is 16.9 Å². The third-order valence-corrected chi connectivity index (χ3v) is 4.16. The number of aromatic nitrogens is 4. The van der Waals surface area contributed by atoms with Gasteiger partial charge in [-0.3, -0.25) is 4.57 Å². The first kappa shape index (κ1) is 15.8. The molecular formula is C16H17N5O4. The van der Waals surface area contributed by atoms with Crippen molar-refractivity contribution in [3.8, 4) is 5.88 Å². The Morgan fingerprint density at radius 2 is 2.16 bits per heavy atom. The number of nitrogens with one attached hydrogen (secondary N) is 1. The second kappa shape index (κ2) is 6.28. The first-order valence-electron chi connectivity index (χ1n) is 7.85. The number of aliphatic hydroxyl groups excluding tert-OH is 2. The van der Waals surface area contributed by atoms with E-state index in [1.54, 1.807) is 16.8 Å². The number of hydrogen-bond acceptors (Lipinski definition) is 8. The van der Waals surface area contributed by atoms with Gasteiger partial charge in [-0.2, -0.15) is 4.98 Å². The molecule has 0 aromatic carbocycles. The lowest BCUT2D eigenvalue weighted by Gasteiger charge is -2.14. The summed E-state index contributed by atoms with van der Waals surface area (Å²) in [7, 11) is 0. The SMILES string of the molecule is OC[C@H]1O[C@@H](n2cnc3c(O)nc(C4=CC=CC=CN4)nc32)C[C@@H]1O. The van der Waals surface area contributed by atoms with Gasteiger partial charge in [0.05, 0.1) is 24.7 Å². The molecule has 3 atom stereocenters. The molecule has 1 saturated heterocycles. The van der Waals surface area contributed by atoms with Crippen LogP contribution in [0.2, 0.25) is 0 Å². The van der Waals surface area contributed by atoms with E-state index in [0.29, 0.717) is 23.6 Å². The van der Waals surface area contributed by atoms with Gasteiger partial charge in [-0.05, 0) is 12.2 Å². The van der Waals surface area contributed by atoms with Gasteiger partial charge in [0.15, 0.2) is 17.0 Å². The van der Waals surface area contributed by atoms with Crippen LogP contribution in [-0.2, 0) is 4.74 Å². The maximum absolute atomic E-state index is 10.2. The predicted molar refractivity (Wildman–Crippen MR) is 88.0 cm³/mol. The van der Waals surface area contributed by atoms with Crippen LogP contribution in [0.25, 0.3) is 16.9 Å². The second-order valence-corrected chi connectivity index (χ2v) is 5.78. The number of aromatic hydroxyl groups is 1. The molecule has 1 fully saturated rings. The average molecular weight is 343 g/mol. The van der Waals surface area contributed by atoms with Crippen molar-refractivity contribution < 1.29 is 20.1 Å². The van der Waals surface area contributed by atoms with E-state index in [0.717, 1.165) is 0 Å². The maximum atomic E-state index is 10.2. The third kappa shape index (κ3) is 2.78. The molecule has 9 nitrogen and oxygen atoms in total. The maximum Gasteiger partial charge on any atom is 0.243 e. The summed E-state index contributed by atoms with van der Waals surface area (Å²) >= 11 is 0. The lowest BCUT2D eigenvalue weighted by molar-refractivity contribution is -0.0432. The fraction of sp³-hybridized carbons (Fsp3) is 0.312. The molecule has 4 rings (SSSR count). The molecule has 0 unspecified atom stereocenters. The highest BCUT2D eigenvalue weighted by Crippen LogP contribution is 2.32. The molecule has 0 bridgehead atoms. The van der Waals surface area contributed by atoms with Gasteiger partial charge < -0.3 is 25.4 Å². The van der Waals surface area contributed by atoms with Crippen LogP contribution in [0.4, 0.5) is 0 Å². The highest BCUT2D eigenvalue weighted by atomic mass is 16.5. The summed E-state index contributed by atoms with van der Waals surface area (Å²) in [4.78, 5) is 12.7. The number of hydrogen-bond donors (Lipinski definition) is 4. The molecule has 0 spiro atoms. The molecule has 2 aromatic heterocycles. The van der Waals surface area contributed by atoms with E-state index in [-0.39, 0.29) is 18.0 Å². The summed E-state index contributed by atoms with van der Waals surface area (Å²) in [6.45, 7) is -0.273. The molecule has 0 aliphatic carbocycles. The zero-order valence-corrected chi connectivity index (χ0v) is 13.1. The fourth-order valence-corrected chi connectivity index (χ4v) is 2.88. The number of nitrogens with zero attached hydrogens (tertiary/aromatic N) is 4. The van der Waals surface area contributed by atoms with Crippen molar-refractivity contribution in [3.63, 3.8) is 0 Å². The number of fused-ring (bicyclic) bond motifs is 1. The molecule has 2 aromatic rings.